The molecule has 19 heavy (non-hydrogen) atoms. The van der Waals surface area contributed by atoms with Gasteiger partial charge in [-0.25, -0.2) is 0 Å². The van der Waals surface area contributed by atoms with Crippen molar-refractivity contribution in [2.45, 2.75) is 33.2 Å². The van der Waals surface area contributed by atoms with Crippen molar-refractivity contribution in [2.24, 2.45) is 0 Å². The molecule has 5 heteroatoms. The summed E-state index contributed by atoms with van der Waals surface area (Å²) in [4.78, 5) is 0. The summed E-state index contributed by atoms with van der Waals surface area (Å²) in [6.45, 7) is 6.49. The molecule has 0 unspecified atom stereocenters. The van der Waals surface area contributed by atoms with Gasteiger partial charge in [0, 0.05) is 6.54 Å². The van der Waals surface area contributed by atoms with Crippen molar-refractivity contribution in [3.8, 4) is 11.5 Å². The highest BCUT2D eigenvalue weighted by Gasteiger charge is 2.11. The monoisotopic (exact) mass is 307 g/mol. The van der Waals surface area contributed by atoms with Crippen molar-refractivity contribution in [1.82, 2.24) is 5.32 Å². The first kappa shape index (κ1) is 18.4. The quantitative estimate of drug-likeness (QED) is 0.735. The van der Waals surface area contributed by atoms with Gasteiger partial charge in [-0.15, -0.1) is 12.4 Å². The van der Waals surface area contributed by atoms with Crippen LogP contribution in [-0.4, -0.2) is 20.3 Å². The number of nitrogens with one attached hydrogen (secondary N) is 1. The van der Waals surface area contributed by atoms with Gasteiger partial charge in [-0.05, 0) is 37.6 Å². The van der Waals surface area contributed by atoms with E-state index in [2.05, 4.69) is 12.2 Å². The molecule has 0 atom stereocenters. The Bertz CT molecular complexity index is 373. The van der Waals surface area contributed by atoms with Crippen molar-refractivity contribution in [2.75, 3.05) is 20.3 Å². The molecule has 1 rings (SSSR count). The van der Waals surface area contributed by atoms with Crippen molar-refractivity contribution < 1.29 is 9.47 Å². The molecule has 0 amide bonds. The normalized spacial score (nSPS) is 9.89. The van der Waals surface area contributed by atoms with Crippen LogP contribution in [0, 0.1) is 0 Å². The molecule has 0 fully saturated rings. The highest BCUT2D eigenvalue weighted by Crippen LogP contribution is 2.36. The summed E-state index contributed by atoms with van der Waals surface area (Å²) in [5.41, 5.74) is 1.11. The van der Waals surface area contributed by atoms with E-state index < -0.39 is 0 Å². The second-order valence-electron chi connectivity index (χ2n) is 4.07. The first-order valence-electron chi connectivity index (χ1n) is 6.42. The molecule has 1 N–H and O–H groups in total. The van der Waals surface area contributed by atoms with Gasteiger partial charge in [-0.1, -0.05) is 24.9 Å². The summed E-state index contributed by atoms with van der Waals surface area (Å²) in [5, 5.41) is 3.98. The fraction of sp³-hybridized carbons (Fsp3) is 0.571. The zero-order valence-corrected chi connectivity index (χ0v) is 13.4. The molecule has 1 aromatic rings. The molecule has 1 aromatic carbocycles. The minimum Gasteiger partial charge on any atom is -0.493 e. The lowest BCUT2D eigenvalue weighted by molar-refractivity contribution is 0.311. The molecule has 0 aromatic heterocycles. The Kier molecular flexibility index (Phi) is 9.84. The number of hydrogen-bond donors (Lipinski definition) is 1. The van der Waals surface area contributed by atoms with E-state index in [0.717, 1.165) is 18.7 Å². The van der Waals surface area contributed by atoms with Crippen LogP contribution < -0.4 is 14.8 Å². The van der Waals surface area contributed by atoms with Gasteiger partial charge in [0.1, 0.15) is 0 Å². The molecule has 0 aliphatic rings. The Labute approximate surface area is 127 Å². The summed E-state index contributed by atoms with van der Waals surface area (Å²) in [5.74, 6) is 1.32. The van der Waals surface area contributed by atoms with Crippen LogP contribution in [0.2, 0.25) is 5.02 Å². The van der Waals surface area contributed by atoms with Crippen LogP contribution in [0.25, 0.3) is 0 Å². The third-order valence-corrected chi connectivity index (χ3v) is 2.89. The first-order valence-corrected chi connectivity index (χ1v) is 6.80. The van der Waals surface area contributed by atoms with Gasteiger partial charge in [-0.3, -0.25) is 0 Å². The van der Waals surface area contributed by atoms with Crippen LogP contribution in [0.1, 0.15) is 32.3 Å². The zero-order chi connectivity index (χ0) is 13.4. The van der Waals surface area contributed by atoms with Crippen LogP contribution in [0.5, 0.6) is 11.5 Å². The van der Waals surface area contributed by atoms with Gasteiger partial charge in [-0.2, -0.15) is 0 Å². The molecule has 0 aliphatic carbocycles. The number of hydrogen-bond acceptors (Lipinski definition) is 3. The van der Waals surface area contributed by atoms with Crippen LogP contribution in [0.3, 0.4) is 0 Å². The second-order valence-corrected chi connectivity index (χ2v) is 4.48. The van der Waals surface area contributed by atoms with E-state index in [9.17, 15) is 0 Å². The van der Waals surface area contributed by atoms with Crippen LogP contribution in [0.15, 0.2) is 12.1 Å². The van der Waals surface area contributed by atoms with Gasteiger partial charge in [0.2, 0.25) is 0 Å². The van der Waals surface area contributed by atoms with Crippen molar-refractivity contribution >= 4 is 24.0 Å². The Balaban J connectivity index is 0.00000324. The lowest BCUT2D eigenvalue weighted by atomic mass is 10.2. The molecule has 0 radical (unpaired) electrons. The van der Waals surface area contributed by atoms with Gasteiger partial charge >= 0.3 is 0 Å². The third kappa shape index (κ3) is 5.89. The molecule has 3 nitrogen and oxygen atoms in total. The van der Waals surface area contributed by atoms with Gasteiger partial charge < -0.3 is 14.8 Å². The topological polar surface area (TPSA) is 30.5 Å². The number of benzene rings is 1. The minimum atomic E-state index is 0. The number of halogens is 2. The largest absolute Gasteiger partial charge is 0.493 e. The van der Waals surface area contributed by atoms with Crippen molar-refractivity contribution in [3.05, 3.63) is 22.7 Å². The number of unbranched alkanes of at least 4 members (excludes halogenated alkanes) is 1. The summed E-state index contributed by atoms with van der Waals surface area (Å²) in [6, 6.07) is 3.89. The van der Waals surface area contributed by atoms with Crippen molar-refractivity contribution in [3.63, 3.8) is 0 Å². The minimum absolute atomic E-state index is 0. The average molecular weight is 308 g/mol. The smallest absolute Gasteiger partial charge is 0.179 e. The second kappa shape index (κ2) is 10.2. The van der Waals surface area contributed by atoms with E-state index in [4.69, 9.17) is 21.1 Å². The average Bonchev–Trinajstić information content (AvgIpc) is 2.37. The first-order chi connectivity index (χ1) is 8.72. The predicted octanol–water partition coefficient (Wildman–Crippen LogP) is 4.06. The van der Waals surface area contributed by atoms with E-state index in [0.29, 0.717) is 23.1 Å². The highest BCUT2D eigenvalue weighted by atomic mass is 35.5. The summed E-state index contributed by atoms with van der Waals surface area (Å²) in [7, 11) is 1.63. The third-order valence-electron chi connectivity index (χ3n) is 2.61. The van der Waals surface area contributed by atoms with E-state index in [1.54, 1.807) is 7.11 Å². The highest BCUT2D eigenvalue weighted by molar-refractivity contribution is 6.32. The maximum atomic E-state index is 6.20. The van der Waals surface area contributed by atoms with Crippen LogP contribution in [0.4, 0.5) is 0 Å². The van der Waals surface area contributed by atoms with Gasteiger partial charge in [0.15, 0.2) is 11.5 Å². The molecule has 0 saturated carbocycles. The summed E-state index contributed by atoms with van der Waals surface area (Å²) >= 11 is 6.20. The fourth-order valence-corrected chi connectivity index (χ4v) is 1.98. The molecule has 0 heterocycles. The predicted molar refractivity (Wildman–Crippen MR) is 83.0 cm³/mol. The van der Waals surface area contributed by atoms with E-state index in [-0.39, 0.29) is 12.4 Å². The Morgan fingerprint density at radius 1 is 1.26 bits per heavy atom. The van der Waals surface area contributed by atoms with E-state index in [1.807, 2.05) is 19.1 Å². The molecular weight excluding hydrogens is 285 g/mol. The maximum Gasteiger partial charge on any atom is 0.179 e. The SMILES string of the molecule is CCCCNCc1cc(Cl)c(OCC)c(OC)c1.Cl. The molecular formula is C14H23Cl2NO2. The summed E-state index contributed by atoms with van der Waals surface area (Å²) < 4.78 is 10.8. The number of ether oxygens (including phenoxy) is 2. The molecule has 0 saturated heterocycles. The Morgan fingerprint density at radius 2 is 2.00 bits per heavy atom. The Hall–Kier alpha value is -0.640. The van der Waals surface area contributed by atoms with Gasteiger partial charge in [0.05, 0.1) is 18.7 Å². The lowest BCUT2D eigenvalue weighted by Gasteiger charge is -2.13. The maximum absolute atomic E-state index is 6.20. The number of methoxy groups -OCH3 is 1. The van der Waals surface area contributed by atoms with Crippen molar-refractivity contribution in [1.29, 1.82) is 0 Å². The zero-order valence-electron chi connectivity index (χ0n) is 11.8. The molecule has 0 aliphatic heterocycles. The standard InChI is InChI=1S/C14H22ClNO2.ClH/c1-4-6-7-16-10-11-8-12(15)14(18-5-2)13(9-11)17-3;/h8-9,16H,4-7,10H2,1-3H3;1H. The van der Waals surface area contributed by atoms with Gasteiger partial charge in [0.25, 0.3) is 0 Å². The van der Waals surface area contributed by atoms with E-state index in [1.165, 1.54) is 12.8 Å². The van der Waals surface area contributed by atoms with E-state index >= 15 is 0 Å². The molecule has 0 spiro atoms. The fourth-order valence-electron chi connectivity index (χ4n) is 1.69. The van der Waals surface area contributed by atoms with Crippen LogP contribution in [-0.2, 0) is 6.54 Å². The number of rotatable bonds is 8. The summed E-state index contributed by atoms with van der Waals surface area (Å²) in [6.07, 6.45) is 2.38. The Morgan fingerprint density at radius 3 is 2.58 bits per heavy atom. The lowest BCUT2D eigenvalue weighted by Crippen LogP contribution is -2.14. The molecule has 0 bridgehead atoms. The molecule has 110 valence electrons. The van der Waals surface area contributed by atoms with Crippen LogP contribution >= 0.6 is 24.0 Å².